The summed E-state index contributed by atoms with van der Waals surface area (Å²) in [5, 5.41) is 2.58. The van der Waals surface area contributed by atoms with Crippen LogP contribution >= 0.6 is 22.9 Å². The van der Waals surface area contributed by atoms with Gasteiger partial charge >= 0.3 is 0 Å². The zero-order valence-corrected chi connectivity index (χ0v) is 19.9. The van der Waals surface area contributed by atoms with Crippen LogP contribution in [0.15, 0.2) is 53.9 Å². The first-order valence-electron chi connectivity index (χ1n) is 10.6. The molecule has 0 radical (unpaired) electrons. The largest absolute Gasteiger partial charge is 0.497 e. The number of hydrogen-bond acceptors (Lipinski definition) is 5. The number of nitrogens with zero attached hydrogens (tertiary/aromatic N) is 2. The Balaban J connectivity index is 1.28. The Bertz CT molecular complexity index is 1060. The van der Waals surface area contributed by atoms with Gasteiger partial charge in [0.25, 0.3) is 5.91 Å². The van der Waals surface area contributed by atoms with E-state index in [1.807, 2.05) is 53.6 Å². The second-order valence-electron chi connectivity index (χ2n) is 7.96. The van der Waals surface area contributed by atoms with Gasteiger partial charge in [-0.3, -0.25) is 9.69 Å². The Kier molecular flexibility index (Phi) is 7.35. The van der Waals surface area contributed by atoms with Crippen LogP contribution in [0.1, 0.15) is 26.4 Å². The summed E-state index contributed by atoms with van der Waals surface area (Å²) in [6.07, 6.45) is 0. The van der Waals surface area contributed by atoms with E-state index in [1.165, 1.54) is 16.9 Å². The van der Waals surface area contributed by atoms with Gasteiger partial charge in [0.1, 0.15) is 18.1 Å². The van der Waals surface area contributed by atoms with Crippen molar-refractivity contribution >= 4 is 28.8 Å². The third-order valence-corrected chi connectivity index (χ3v) is 6.85. The minimum absolute atomic E-state index is 0.0962. The van der Waals surface area contributed by atoms with Crippen molar-refractivity contribution in [2.24, 2.45) is 0 Å². The van der Waals surface area contributed by atoms with Crippen molar-refractivity contribution in [2.45, 2.75) is 20.1 Å². The van der Waals surface area contributed by atoms with E-state index in [-0.39, 0.29) is 5.91 Å². The van der Waals surface area contributed by atoms with Crippen molar-refractivity contribution in [3.63, 3.8) is 0 Å². The van der Waals surface area contributed by atoms with Gasteiger partial charge in [-0.15, -0.1) is 11.3 Å². The van der Waals surface area contributed by atoms with E-state index in [0.717, 1.165) is 54.5 Å². The summed E-state index contributed by atoms with van der Waals surface area (Å²) >= 11 is 7.67. The molecule has 1 fully saturated rings. The zero-order valence-electron chi connectivity index (χ0n) is 18.3. The lowest BCUT2D eigenvalue weighted by Crippen LogP contribution is -2.48. The second-order valence-corrected chi connectivity index (χ2v) is 9.28. The normalized spacial score (nSPS) is 14.4. The number of methoxy groups -OCH3 is 1. The molecule has 0 bridgehead atoms. The second kappa shape index (κ2) is 10.4. The molecule has 0 saturated carbocycles. The van der Waals surface area contributed by atoms with Crippen LogP contribution in [0.5, 0.6) is 11.5 Å². The summed E-state index contributed by atoms with van der Waals surface area (Å²) in [4.78, 5) is 18.0. The highest BCUT2D eigenvalue weighted by atomic mass is 35.5. The number of piperazine rings is 1. The Hall–Kier alpha value is -2.54. The molecule has 1 amide bonds. The van der Waals surface area contributed by atoms with Crippen molar-refractivity contribution in [2.75, 3.05) is 33.3 Å². The summed E-state index contributed by atoms with van der Waals surface area (Å²) in [6, 6.07) is 15.8. The summed E-state index contributed by atoms with van der Waals surface area (Å²) < 4.78 is 11.1. The van der Waals surface area contributed by atoms with E-state index >= 15 is 0 Å². The first-order chi connectivity index (χ1) is 15.5. The first-order valence-corrected chi connectivity index (χ1v) is 11.9. The molecule has 1 aliphatic heterocycles. The average Bonchev–Trinajstić information content (AvgIpc) is 3.29. The van der Waals surface area contributed by atoms with Crippen molar-refractivity contribution < 1.29 is 14.3 Å². The van der Waals surface area contributed by atoms with Crippen molar-refractivity contribution in [1.29, 1.82) is 0 Å². The van der Waals surface area contributed by atoms with Crippen LogP contribution in [-0.2, 0) is 13.2 Å². The number of ether oxygens (including phenoxy) is 2. The van der Waals surface area contributed by atoms with Gasteiger partial charge in [-0.1, -0.05) is 29.8 Å². The van der Waals surface area contributed by atoms with Crippen LogP contribution in [0.3, 0.4) is 0 Å². The highest BCUT2D eigenvalue weighted by molar-refractivity contribution is 7.12. The number of halogens is 1. The average molecular weight is 471 g/mol. The fraction of sp³-hybridized carbons (Fsp3) is 0.320. The van der Waals surface area contributed by atoms with Crippen LogP contribution in [0.2, 0.25) is 5.02 Å². The smallest absolute Gasteiger partial charge is 0.264 e. The maximum absolute atomic E-state index is 13.0. The van der Waals surface area contributed by atoms with E-state index < -0.39 is 0 Å². The number of aryl methyl sites for hydroxylation is 1. The number of carbonyl (C=O) groups is 1. The quantitative estimate of drug-likeness (QED) is 0.472. The maximum Gasteiger partial charge on any atom is 0.264 e. The van der Waals surface area contributed by atoms with E-state index in [1.54, 1.807) is 7.11 Å². The fourth-order valence-electron chi connectivity index (χ4n) is 3.70. The molecule has 0 atom stereocenters. The molecule has 1 aliphatic rings. The fourth-order valence-corrected chi connectivity index (χ4v) is 4.74. The van der Waals surface area contributed by atoms with Gasteiger partial charge < -0.3 is 14.4 Å². The summed E-state index contributed by atoms with van der Waals surface area (Å²) in [5.74, 6) is 1.63. The molecule has 3 aromatic rings. The third kappa shape index (κ3) is 5.63. The van der Waals surface area contributed by atoms with Gasteiger partial charge in [-0.25, -0.2) is 0 Å². The Labute approximate surface area is 198 Å². The minimum Gasteiger partial charge on any atom is -0.497 e. The van der Waals surface area contributed by atoms with Gasteiger partial charge in [-0.2, -0.15) is 0 Å². The van der Waals surface area contributed by atoms with Crippen LogP contribution in [0, 0.1) is 6.92 Å². The number of amides is 1. The number of thiophene rings is 1. The molecule has 2 heterocycles. The highest BCUT2D eigenvalue weighted by Crippen LogP contribution is 2.27. The van der Waals surface area contributed by atoms with Gasteiger partial charge in [0.2, 0.25) is 0 Å². The molecule has 0 N–H and O–H groups in total. The molecule has 168 valence electrons. The van der Waals surface area contributed by atoms with Crippen LogP contribution in [0.25, 0.3) is 0 Å². The third-order valence-electron chi connectivity index (χ3n) is 5.57. The Morgan fingerprint density at radius 1 is 1.03 bits per heavy atom. The monoisotopic (exact) mass is 470 g/mol. The molecular formula is C25H27ClN2O3S. The van der Waals surface area contributed by atoms with Crippen molar-refractivity contribution in [3.8, 4) is 11.5 Å². The molecule has 7 heteroatoms. The predicted molar refractivity (Wildman–Crippen MR) is 129 cm³/mol. The molecule has 0 aliphatic carbocycles. The lowest BCUT2D eigenvalue weighted by atomic mass is 10.2. The summed E-state index contributed by atoms with van der Waals surface area (Å²) in [7, 11) is 1.68. The van der Waals surface area contributed by atoms with Gasteiger partial charge in [0.15, 0.2) is 0 Å². The molecule has 1 aromatic heterocycles. The van der Waals surface area contributed by atoms with E-state index in [2.05, 4.69) is 17.0 Å². The summed E-state index contributed by atoms with van der Waals surface area (Å²) in [6.45, 7) is 6.48. The molecule has 4 rings (SSSR count). The van der Waals surface area contributed by atoms with Crippen LogP contribution < -0.4 is 9.47 Å². The van der Waals surface area contributed by atoms with E-state index in [9.17, 15) is 4.79 Å². The number of benzene rings is 2. The predicted octanol–water partition coefficient (Wildman–Crippen LogP) is 5.26. The van der Waals surface area contributed by atoms with E-state index in [0.29, 0.717) is 17.4 Å². The van der Waals surface area contributed by atoms with Gasteiger partial charge in [0, 0.05) is 38.3 Å². The molecule has 2 aromatic carbocycles. The Morgan fingerprint density at radius 3 is 2.50 bits per heavy atom. The zero-order chi connectivity index (χ0) is 22.5. The first kappa shape index (κ1) is 22.6. The Morgan fingerprint density at radius 2 is 1.78 bits per heavy atom. The molecule has 32 heavy (non-hydrogen) atoms. The molecule has 0 spiro atoms. The highest BCUT2D eigenvalue weighted by Gasteiger charge is 2.23. The van der Waals surface area contributed by atoms with Gasteiger partial charge in [-0.05, 0) is 53.8 Å². The number of hydrogen-bond donors (Lipinski definition) is 0. The molecule has 5 nitrogen and oxygen atoms in total. The number of rotatable bonds is 7. The minimum atomic E-state index is 0.0962. The SMILES string of the molecule is COc1ccc(CN2CCN(C(=O)c3cc(COc4cc(C)ccc4Cl)cs3)CC2)cc1. The lowest BCUT2D eigenvalue weighted by Gasteiger charge is -2.34. The van der Waals surface area contributed by atoms with Crippen molar-refractivity contribution in [1.82, 2.24) is 9.80 Å². The lowest BCUT2D eigenvalue weighted by molar-refractivity contribution is 0.0633. The molecule has 0 unspecified atom stereocenters. The van der Waals surface area contributed by atoms with Gasteiger partial charge in [0.05, 0.1) is 17.0 Å². The standard InChI is InChI=1S/C25H27ClN2O3S/c1-18-3-8-22(26)23(13-18)31-16-20-14-24(32-17-20)25(29)28-11-9-27(10-12-28)15-19-4-6-21(30-2)7-5-19/h3-8,13-14,17H,9-12,15-16H2,1-2H3. The van der Waals surface area contributed by atoms with Crippen molar-refractivity contribution in [3.05, 3.63) is 80.5 Å². The molecule has 1 saturated heterocycles. The van der Waals surface area contributed by atoms with E-state index in [4.69, 9.17) is 21.1 Å². The van der Waals surface area contributed by atoms with Crippen LogP contribution in [0.4, 0.5) is 0 Å². The number of carbonyl (C=O) groups excluding carboxylic acids is 1. The maximum atomic E-state index is 13.0. The molecular weight excluding hydrogens is 444 g/mol. The topological polar surface area (TPSA) is 42.0 Å². The van der Waals surface area contributed by atoms with Crippen LogP contribution in [-0.4, -0.2) is 49.0 Å². The summed E-state index contributed by atoms with van der Waals surface area (Å²) in [5.41, 5.74) is 3.33.